The molecule has 2 saturated heterocycles. The molecule has 2 heterocycles. The van der Waals surface area contributed by atoms with Crippen LogP contribution in [0.25, 0.3) is 11.1 Å². The largest absolute Gasteiger partial charge is 0.441 e. The average molecular weight is 531 g/mol. The first-order chi connectivity index (χ1) is 18.9. The minimum atomic E-state index is -0.385. The Labute approximate surface area is 231 Å². The van der Waals surface area contributed by atoms with Crippen molar-refractivity contribution in [3.8, 4) is 11.1 Å². The van der Waals surface area contributed by atoms with Crippen LogP contribution in [-0.4, -0.2) is 49.9 Å². The maximum absolute atomic E-state index is 13.4. The van der Waals surface area contributed by atoms with E-state index < -0.39 is 0 Å². The predicted molar refractivity (Wildman–Crippen MR) is 154 cm³/mol. The van der Waals surface area contributed by atoms with E-state index in [1.807, 2.05) is 50.2 Å². The first kappa shape index (κ1) is 27.4. The SMILES string of the molecule is CCOC.Cc1ccc(N2CC3(CCN(Cc4ccc(-c5ccc(F)cc5)c(C5CC5)c4)CC3)OC2=O)cc1. The lowest BCUT2D eigenvalue weighted by Gasteiger charge is -2.37. The fourth-order valence-electron chi connectivity index (χ4n) is 5.52. The van der Waals surface area contributed by atoms with Crippen molar-refractivity contribution < 1.29 is 18.7 Å². The maximum Gasteiger partial charge on any atom is 0.415 e. The summed E-state index contributed by atoms with van der Waals surface area (Å²) >= 11 is 0. The van der Waals surface area contributed by atoms with Gasteiger partial charge >= 0.3 is 6.09 Å². The van der Waals surface area contributed by atoms with Crippen molar-refractivity contribution in [3.05, 3.63) is 89.2 Å². The van der Waals surface area contributed by atoms with Crippen LogP contribution in [0.15, 0.2) is 66.7 Å². The molecule has 0 N–H and O–H groups in total. The van der Waals surface area contributed by atoms with E-state index in [2.05, 4.69) is 27.8 Å². The molecule has 2 aliphatic heterocycles. The minimum absolute atomic E-state index is 0.198. The number of halogens is 1. The lowest BCUT2D eigenvalue weighted by atomic mass is 9.90. The Kier molecular flexibility index (Phi) is 8.34. The first-order valence-electron chi connectivity index (χ1n) is 14.1. The number of ether oxygens (including phenoxy) is 2. The molecule has 1 amide bonds. The molecule has 3 aliphatic rings. The Hall–Kier alpha value is -3.22. The van der Waals surface area contributed by atoms with Gasteiger partial charge in [-0.25, -0.2) is 9.18 Å². The second-order valence-electron chi connectivity index (χ2n) is 11.0. The van der Waals surface area contributed by atoms with Crippen LogP contribution in [0, 0.1) is 12.7 Å². The summed E-state index contributed by atoms with van der Waals surface area (Å²) in [4.78, 5) is 16.9. The fraction of sp³-hybridized carbons (Fsp3) is 0.424. The van der Waals surface area contributed by atoms with Gasteiger partial charge in [0.25, 0.3) is 0 Å². The van der Waals surface area contributed by atoms with Gasteiger partial charge in [-0.1, -0.05) is 48.0 Å². The first-order valence-corrected chi connectivity index (χ1v) is 14.1. The van der Waals surface area contributed by atoms with Crippen molar-refractivity contribution in [2.75, 3.05) is 38.3 Å². The molecular formula is C33H39FN2O3. The van der Waals surface area contributed by atoms with Gasteiger partial charge in [-0.15, -0.1) is 0 Å². The predicted octanol–water partition coefficient (Wildman–Crippen LogP) is 7.32. The zero-order valence-electron chi connectivity index (χ0n) is 23.3. The summed E-state index contributed by atoms with van der Waals surface area (Å²) in [6.45, 7) is 8.17. The monoisotopic (exact) mass is 530 g/mol. The fourth-order valence-corrected chi connectivity index (χ4v) is 5.52. The molecule has 0 atom stereocenters. The topological polar surface area (TPSA) is 42.0 Å². The van der Waals surface area contributed by atoms with Gasteiger partial charge in [-0.05, 0) is 79.1 Å². The highest BCUT2D eigenvalue weighted by Crippen LogP contribution is 2.45. The Morgan fingerprint density at radius 2 is 1.67 bits per heavy atom. The van der Waals surface area contributed by atoms with E-state index in [1.54, 1.807) is 24.1 Å². The number of carbonyl (C=O) groups is 1. The molecule has 1 aliphatic carbocycles. The Morgan fingerprint density at radius 3 is 2.28 bits per heavy atom. The third-order valence-electron chi connectivity index (χ3n) is 8.07. The summed E-state index contributed by atoms with van der Waals surface area (Å²) in [5, 5.41) is 0. The van der Waals surface area contributed by atoms with Crippen LogP contribution in [0.3, 0.4) is 0 Å². The number of benzene rings is 3. The number of methoxy groups -OCH3 is 1. The highest BCUT2D eigenvalue weighted by atomic mass is 19.1. The van der Waals surface area contributed by atoms with Crippen LogP contribution in [0.5, 0.6) is 0 Å². The van der Waals surface area contributed by atoms with Crippen molar-refractivity contribution in [1.29, 1.82) is 0 Å². The summed E-state index contributed by atoms with van der Waals surface area (Å²) in [5.41, 5.74) is 6.72. The number of hydrogen-bond donors (Lipinski definition) is 0. The average Bonchev–Trinajstić information content (AvgIpc) is 3.75. The van der Waals surface area contributed by atoms with Crippen molar-refractivity contribution in [1.82, 2.24) is 4.90 Å². The molecule has 0 bridgehead atoms. The minimum Gasteiger partial charge on any atom is -0.441 e. The lowest BCUT2D eigenvalue weighted by Crippen LogP contribution is -2.46. The zero-order chi connectivity index (χ0) is 27.4. The maximum atomic E-state index is 13.4. The number of likely N-dealkylation sites (tertiary alicyclic amines) is 1. The second kappa shape index (κ2) is 11.9. The van der Waals surface area contributed by atoms with Gasteiger partial charge in [-0.2, -0.15) is 0 Å². The van der Waals surface area contributed by atoms with Gasteiger partial charge < -0.3 is 9.47 Å². The van der Waals surface area contributed by atoms with E-state index in [-0.39, 0.29) is 17.5 Å². The van der Waals surface area contributed by atoms with Crippen LogP contribution in [0.4, 0.5) is 14.9 Å². The summed E-state index contributed by atoms with van der Waals surface area (Å²) in [6.07, 6.45) is 3.93. The van der Waals surface area contributed by atoms with Gasteiger partial charge in [0.05, 0.1) is 6.54 Å². The number of piperidine rings is 1. The molecule has 5 nitrogen and oxygen atoms in total. The Morgan fingerprint density at radius 1 is 1.00 bits per heavy atom. The molecule has 39 heavy (non-hydrogen) atoms. The summed E-state index contributed by atoms with van der Waals surface area (Å²) in [7, 11) is 1.68. The molecule has 0 unspecified atom stereocenters. The van der Waals surface area contributed by atoms with Crippen molar-refractivity contribution in [2.45, 2.75) is 57.6 Å². The van der Waals surface area contributed by atoms with E-state index in [1.165, 1.54) is 35.1 Å². The third-order valence-corrected chi connectivity index (χ3v) is 8.07. The number of aryl methyl sites for hydroxylation is 1. The smallest absolute Gasteiger partial charge is 0.415 e. The normalized spacial score (nSPS) is 18.6. The van der Waals surface area contributed by atoms with Crippen molar-refractivity contribution >= 4 is 11.8 Å². The Balaban J connectivity index is 0.000000723. The molecule has 3 fully saturated rings. The molecule has 6 heteroatoms. The molecule has 6 rings (SSSR count). The van der Waals surface area contributed by atoms with E-state index >= 15 is 0 Å². The van der Waals surface area contributed by atoms with Crippen LogP contribution in [-0.2, 0) is 16.0 Å². The molecule has 206 valence electrons. The molecule has 1 saturated carbocycles. The van der Waals surface area contributed by atoms with Crippen LogP contribution in [0.2, 0.25) is 0 Å². The number of nitrogens with zero attached hydrogens (tertiary/aromatic N) is 2. The van der Waals surface area contributed by atoms with Crippen LogP contribution < -0.4 is 4.90 Å². The van der Waals surface area contributed by atoms with Gasteiger partial charge in [0, 0.05) is 51.9 Å². The molecule has 3 aromatic rings. The van der Waals surface area contributed by atoms with Gasteiger partial charge in [-0.3, -0.25) is 9.80 Å². The third kappa shape index (κ3) is 6.51. The van der Waals surface area contributed by atoms with E-state index in [9.17, 15) is 9.18 Å². The molecule has 0 aromatic heterocycles. The number of anilines is 1. The van der Waals surface area contributed by atoms with E-state index in [4.69, 9.17) is 4.74 Å². The van der Waals surface area contributed by atoms with Crippen molar-refractivity contribution in [3.63, 3.8) is 0 Å². The van der Waals surface area contributed by atoms with Crippen LogP contribution >= 0.6 is 0 Å². The number of rotatable bonds is 6. The summed E-state index contributed by atoms with van der Waals surface area (Å²) < 4.78 is 23.9. The van der Waals surface area contributed by atoms with E-state index in [0.29, 0.717) is 12.5 Å². The molecule has 1 spiro atoms. The number of carbonyl (C=O) groups excluding carboxylic acids is 1. The summed E-state index contributed by atoms with van der Waals surface area (Å²) in [5.74, 6) is 0.418. The Bertz CT molecular complexity index is 1260. The van der Waals surface area contributed by atoms with Crippen LogP contribution in [0.1, 0.15) is 55.2 Å². The zero-order valence-corrected chi connectivity index (χ0v) is 23.3. The quantitative estimate of drug-likeness (QED) is 0.335. The second-order valence-corrected chi connectivity index (χ2v) is 11.0. The standard InChI is InChI=1S/C30H31FN2O2.C3H8O/c1-21-2-11-26(12-3-21)33-20-30(35-29(33)34)14-16-32(17-15-30)19-22-4-13-27(28(18-22)24-5-6-24)23-7-9-25(31)10-8-23;1-3-4-2/h2-4,7-13,18,24H,5-6,14-17,19-20H2,1H3;3H2,1-2H3. The molecular weight excluding hydrogens is 491 g/mol. The van der Waals surface area contributed by atoms with Gasteiger partial charge in [0.1, 0.15) is 11.4 Å². The van der Waals surface area contributed by atoms with Gasteiger partial charge in [0.15, 0.2) is 0 Å². The highest BCUT2D eigenvalue weighted by Gasteiger charge is 2.47. The lowest BCUT2D eigenvalue weighted by molar-refractivity contribution is -0.000975. The van der Waals surface area contributed by atoms with Gasteiger partial charge in [0.2, 0.25) is 0 Å². The number of amides is 1. The van der Waals surface area contributed by atoms with Crippen molar-refractivity contribution in [2.24, 2.45) is 0 Å². The molecule has 3 aromatic carbocycles. The summed E-state index contributed by atoms with van der Waals surface area (Å²) in [6, 6.07) is 21.7. The number of hydrogen-bond acceptors (Lipinski definition) is 4. The van der Waals surface area contributed by atoms with E-state index in [0.717, 1.165) is 50.3 Å². The molecule has 0 radical (unpaired) electrons. The highest BCUT2D eigenvalue weighted by molar-refractivity contribution is 5.90.